The Morgan fingerprint density at radius 3 is 1.36 bits per heavy atom. The summed E-state index contributed by atoms with van der Waals surface area (Å²) in [7, 11) is -3.82. The molecule has 0 saturated carbocycles. The molecule has 0 radical (unpaired) electrons. The van der Waals surface area contributed by atoms with Crippen molar-refractivity contribution < 1.29 is 23.5 Å². The molecule has 170 valence electrons. The van der Waals surface area contributed by atoms with Crippen molar-refractivity contribution in [2.45, 2.75) is 116 Å². The van der Waals surface area contributed by atoms with Gasteiger partial charge < -0.3 is 0 Å². The van der Waals surface area contributed by atoms with Gasteiger partial charge in [-0.1, -0.05) is 103 Å². The maximum atomic E-state index is 11.9. The van der Waals surface area contributed by atoms with E-state index in [-0.39, 0.29) is 13.2 Å². The van der Waals surface area contributed by atoms with E-state index in [1.54, 1.807) is 0 Å². The summed E-state index contributed by atoms with van der Waals surface area (Å²) in [5, 5.41) is 8.67. The fourth-order valence-corrected chi connectivity index (χ4v) is 4.13. The van der Waals surface area contributed by atoms with Gasteiger partial charge in [0.1, 0.15) is 0 Å². The van der Waals surface area contributed by atoms with Crippen molar-refractivity contribution in [3.05, 3.63) is 0 Å². The molecule has 0 amide bonds. The van der Waals surface area contributed by atoms with Crippen LogP contribution in [0.5, 0.6) is 0 Å². The minimum atomic E-state index is -3.82. The molecular weight excluding hydrogens is 399 g/mol. The van der Waals surface area contributed by atoms with Gasteiger partial charge >= 0.3 is 7.82 Å². The van der Waals surface area contributed by atoms with Crippen LogP contribution in [-0.4, -0.2) is 24.4 Å². The van der Waals surface area contributed by atoms with Gasteiger partial charge in [-0.05, 0) is 12.8 Å². The Balaban J connectivity index is 3.27. The molecule has 0 aliphatic heterocycles. The van der Waals surface area contributed by atoms with E-state index in [9.17, 15) is 4.57 Å². The Morgan fingerprint density at radius 2 is 1.00 bits per heavy atom. The topological polar surface area (TPSA) is 65.0 Å². The van der Waals surface area contributed by atoms with Crippen molar-refractivity contribution in [1.82, 2.24) is 0 Å². The predicted octanol–water partition coefficient (Wildman–Crippen LogP) is 8.51. The van der Waals surface area contributed by atoms with Gasteiger partial charge in [0, 0.05) is 5.88 Å². The van der Waals surface area contributed by atoms with Gasteiger partial charge in [-0.2, -0.15) is 0 Å². The number of phosphoric acid groups is 1. The zero-order valence-electron chi connectivity index (χ0n) is 18.0. The van der Waals surface area contributed by atoms with Gasteiger partial charge in [0.25, 0.3) is 0 Å². The van der Waals surface area contributed by atoms with Crippen molar-refractivity contribution in [2.24, 2.45) is 0 Å². The van der Waals surface area contributed by atoms with Crippen molar-refractivity contribution in [2.75, 3.05) is 19.1 Å². The van der Waals surface area contributed by atoms with Crippen LogP contribution in [0.25, 0.3) is 0 Å². The summed E-state index contributed by atoms with van der Waals surface area (Å²) in [5.41, 5.74) is 0. The Kier molecular flexibility index (Phi) is 22.3. The lowest BCUT2D eigenvalue weighted by Crippen LogP contribution is -2.01. The van der Waals surface area contributed by atoms with Crippen molar-refractivity contribution in [3.8, 4) is 0 Å². The Hall–Kier alpha value is 0.360. The Bertz CT molecular complexity index is 358. The number of alkyl halides is 1. The largest absolute Gasteiger partial charge is 0.501 e. The summed E-state index contributed by atoms with van der Waals surface area (Å²) in [6, 6.07) is 0. The minimum absolute atomic E-state index is 0.139. The van der Waals surface area contributed by atoms with Crippen LogP contribution in [-0.2, 0) is 18.3 Å². The highest BCUT2D eigenvalue weighted by molar-refractivity contribution is 7.48. The average molecular weight is 443 g/mol. The summed E-state index contributed by atoms with van der Waals surface area (Å²) in [6.45, 7) is 2.67. The van der Waals surface area contributed by atoms with Crippen molar-refractivity contribution >= 4 is 19.4 Å². The van der Waals surface area contributed by atoms with Gasteiger partial charge in [-0.15, -0.1) is 16.3 Å². The molecule has 0 aliphatic rings. The molecule has 0 aromatic heterocycles. The summed E-state index contributed by atoms with van der Waals surface area (Å²) >= 11 is 5.51. The third-order valence-electron chi connectivity index (χ3n) is 4.87. The lowest BCUT2D eigenvalue weighted by molar-refractivity contribution is -0.166. The van der Waals surface area contributed by atoms with Crippen LogP contribution in [0.1, 0.15) is 116 Å². The zero-order valence-corrected chi connectivity index (χ0v) is 19.7. The van der Waals surface area contributed by atoms with Crippen molar-refractivity contribution in [3.63, 3.8) is 0 Å². The van der Waals surface area contributed by atoms with Gasteiger partial charge in [0.05, 0.1) is 13.2 Å². The van der Waals surface area contributed by atoms with Crippen molar-refractivity contribution in [1.29, 1.82) is 0 Å². The maximum Gasteiger partial charge on any atom is 0.501 e. The first-order valence-electron chi connectivity index (χ1n) is 11.5. The first kappa shape index (κ1) is 28.4. The fraction of sp³-hybridized carbons (Fsp3) is 1.00. The zero-order chi connectivity index (χ0) is 20.8. The van der Waals surface area contributed by atoms with Gasteiger partial charge in [-0.3, -0.25) is 9.05 Å². The molecular formula is C21H44ClO5P. The average Bonchev–Trinajstić information content (AvgIpc) is 2.70. The first-order valence-corrected chi connectivity index (χ1v) is 13.5. The van der Waals surface area contributed by atoms with Gasteiger partial charge in [-0.25, -0.2) is 9.82 Å². The van der Waals surface area contributed by atoms with Crippen LogP contribution < -0.4 is 0 Å². The molecule has 0 saturated heterocycles. The van der Waals surface area contributed by atoms with E-state index in [2.05, 4.69) is 11.6 Å². The number of phosphoric ester groups is 1. The molecule has 0 rings (SSSR count). The van der Waals surface area contributed by atoms with Crippen LogP contribution >= 0.6 is 19.4 Å². The summed E-state index contributed by atoms with van der Waals surface area (Å²) in [5.74, 6) is 0.393. The molecule has 0 aromatic rings. The van der Waals surface area contributed by atoms with E-state index in [0.29, 0.717) is 12.3 Å². The lowest BCUT2D eigenvalue weighted by Gasteiger charge is -2.13. The predicted molar refractivity (Wildman–Crippen MR) is 118 cm³/mol. The van der Waals surface area contributed by atoms with E-state index < -0.39 is 7.82 Å². The number of rotatable bonds is 23. The molecule has 1 N–H and O–H groups in total. The normalized spacial score (nSPS) is 13.7. The standard InChI is InChI=1S/C21H44ClO5P/c1-2-3-4-5-6-7-8-9-10-11-12-13-14-15-16-17-20-25-28(24,27-23)26-21-18-19-22/h23H,2-21H2,1H3. The van der Waals surface area contributed by atoms with Crippen LogP contribution in [0.4, 0.5) is 0 Å². The number of hydrogen-bond donors (Lipinski definition) is 1. The Morgan fingerprint density at radius 1 is 0.643 bits per heavy atom. The Labute approximate surface area is 178 Å². The highest BCUT2D eigenvalue weighted by atomic mass is 35.5. The van der Waals surface area contributed by atoms with Crippen LogP contribution in [0, 0.1) is 0 Å². The first-order chi connectivity index (χ1) is 13.7. The quantitative estimate of drug-likeness (QED) is 0.0564. The molecule has 1 atom stereocenters. The third-order valence-corrected chi connectivity index (χ3v) is 6.34. The lowest BCUT2D eigenvalue weighted by atomic mass is 10.0. The molecule has 28 heavy (non-hydrogen) atoms. The number of halogens is 1. The molecule has 7 heteroatoms. The molecule has 0 heterocycles. The fourth-order valence-electron chi connectivity index (χ4n) is 3.14. The van der Waals surface area contributed by atoms with E-state index in [1.165, 1.54) is 83.5 Å². The van der Waals surface area contributed by atoms with Crippen LogP contribution in [0.2, 0.25) is 0 Å². The van der Waals surface area contributed by atoms with Crippen LogP contribution in [0.15, 0.2) is 0 Å². The molecule has 5 nitrogen and oxygen atoms in total. The number of hydrogen-bond acceptors (Lipinski definition) is 5. The third kappa shape index (κ3) is 19.7. The van der Waals surface area contributed by atoms with Gasteiger partial charge in [0.15, 0.2) is 0 Å². The van der Waals surface area contributed by atoms with E-state index in [4.69, 9.17) is 25.9 Å². The minimum Gasteiger partial charge on any atom is -0.285 e. The van der Waals surface area contributed by atoms with E-state index in [0.717, 1.165) is 19.3 Å². The van der Waals surface area contributed by atoms with E-state index >= 15 is 0 Å². The SMILES string of the molecule is CCCCCCCCCCCCCCCCCCOP(=O)(OO)OCCCCl. The van der Waals surface area contributed by atoms with E-state index in [1.807, 2.05) is 0 Å². The molecule has 1 unspecified atom stereocenters. The monoisotopic (exact) mass is 442 g/mol. The second kappa shape index (κ2) is 22.1. The summed E-state index contributed by atoms with van der Waals surface area (Å²) in [4.78, 5) is 0. The highest BCUT2D eigenvalue weighted by Crippen LogP contribution is 2.48. The second-order valence-electron chi connectivity index (χ2n) is 7.54. The molecule has 0 spiro atoms. The molecule has 0 aliphatic carbocycles. The van der Waals surface area contributed by atoms with Gasteiger partial charge in [0.2, 0.25) is 0 Å². The summed E-state index contributed by atoms with van der Waals surface area (Å²) < 4.78 is 25.7. The van der Waals surface area contributed by atoms with Crippen LogP contribution in [0.3, 0.4) is 0 Å². The molecule has 0 bridgehead atoms. The summed E-state index contributed by atoms with van der Waals surface area (Å²) in [6.07, 6.45) is 21.3. The number of unbranched alkanes of at least 4 members (excludes halogenated alkanes) is 15. The maximum absolute atomic E-state index is 11.9. The highest BCUT2D eigenvalue weighted by Gasteiger charge is 2.26. The smallest absolute Gasteiger partial charge is 0.285 e. The molecule has 0 fully saturated rings. The second-order valence-corrected chi connectivity index (χ2v) is 9.49. The molecule has 0 aromatic carbocycles.